The maximum atomic E-state index is 4.26. The van der Waals surface area contributed by atoms with Gasteiger partial charge in [-0.15, -0.1) is 9.24 Å². The van der Waals surface area contributed by atoms with E-state index in [1.165, 1.54) is 10.9 Å². The van der Waals surface area contributed by atoms with Crippen molar-refractivity contribution < 1.29 is 75.5 Å². The van der Waals surface area contributed by atoms with Crippen LogP contribution in [0.1, 0.15) is 11.3 Å². The molecule has 0 amide bonds. The van der Waals surface area contributed by atoms with Crippen LogP contribution in [0, 0.1) is 75.5 Å². The number of benzene rings is 1. The van der Waals surface area contributed by atoms with Crippen LogP contribution < -0.4 is 10.6 Å². The molecule has 2 nitrogen and oxygen atoms in total. The van der Waals surface area contributed by atoms with Gasteiger partial charge in [-0.2, -0.15) is 0 Å². The van der Waals surface area contributed by atoms with Crippen LogP contribution in [-0.4, -0.2) is 4.98 Å². The molecule has 2 rings (SSSR count). The Morgan fingerprint density at radius 3 is 2.33 bits per heavy atom. The molecular formula is C13H15Ar2N2P. The van der Waals surface area contributed by atoms with E-state index in [9.17, 15) is 0 Å². The molecule has 1 heterocycles. The number of pyridine rings is 1. The molecule has 1 aromatic carbocycles. The molecule has 18 heavy (non-hydrogen) atoms. The van der Waals surface area contributed by atoms with Gasteiger partial charge >= 0.3 is 0 Å². The van der Waals surface area contributed by atoms with E-state index in [0.717, 1.165) is 18.8 Å². The number of hydrogen-bond acceptors (Lipinski definition) is 2. The molecular weight excluding hydrogens is 295 g/mol. The molecule has 0 aliphatic heterocycles. The van der Waals surface area contributed by atoms with Gasteiger partial charge in [0.05, 0.1) is 5.69 Å². The monoisotopic (exact) mass is 310 g/mol. The minimum absolute atomic E-state index is 0. The molecule has 98 valence electrons. The first-order chi connectivity index (χ1) is 7.86. The van der Waals surface area contributed by atoms with Crippen molar-refractivity contribution in [3.8, 4) is 0 Å². The summed E-state index contributed by atoms with van der Waals surface area (Å²) >= 11 is 0. The van der Waals surface area contributed by atoms with Gasteiger partial charge in [-0.05, 0) is 23.0 Å². The van der Waals surface area contributed by atoms with Crippen LogP contribution in [0.15, 0.2) is 48.7 Å². The summed E-state index contributed by atoms with van der Waals surface area (Å²) in [6.07, 6.45) is 1.82. The SMILES string of the molecule is Pc1ccccc1CNCc1ccccn1.[Ar].[Ar]. The minimum Gasteiger partial charge on any atom is -0.307 e. The van der Waals surface area contributed by atoms with Crippen molar-refractivity contribution >= 4 is 14.5 Å². The minimum atomic E-state index is 0. The molecule has 0 spiro atoms. The Kier molecular flexibility index (Phi) is 11.8. The summed E-state index contributed by atoms with van der Waals surface area (Å²) in [4.78, 5) is 4.26. The summed E-state index contributed by atoms with van der Waals surface area (Å²) in [7, 11) is 2.75. The Hall–Kier alpha value is 1.28. The molecule has 5 heteroatoms. The third-order valence-corrected chi connectivity index (χ3v) is 2.97. The van der Waals surface area contributed by atoms with Crippen LogP contribution in [0.4, 0.5) is 0 Å². The standard InChI is InChI=1S/C13H15N2P.2Ar/c16-13-7-2-1-5-11(13)9-14-10-12-6-3-4-8-15-12;;/h1-8,14H,9-10,16H2;;. The summed E-state index contributed by atoms with van der Waals surface area (Å²) < 4.78 is 0. The van der Waals surface area contributed by atoms with Gasteiger partial charge in [0.15, 0.2) is 0 Å². The molecule has 0 saturated heterocycles. The normalized spacial score (nSPS) is 9.17. The van der Waals surface area contributed by atoms with Crippen molar-refractivity contribution in [2.75, 3.05) is 0 Å². The van der Waals surface area contributed by atoms with Crippen molar-refractivity contribution in [3.05, 3.63) is 59.9 Å². The van der Waals surface area contributed by atoms with Gasteiger partial charge in [0.2, 0.25) is 0 Å². The van der Waals surface area contributed by atoms with Gasteiger partial charge in [-0.1, -0.05) is 30.3 Å². The van der Waals surface area contributed by atoms with Gasteiger partial charge in [0.25, 0.3) is 0 Å². The van der Waals surface area contributed by atoms with Crippen LogP contribution in [-0.2, 0) is 13.1 Å². The predicted molar refractivity (Wildman–Crippen MR) is 70.6 cm³/mol. The summed E-state index contributed by atoms with van der Waals surface area (Å²) in [6.45, 7) is 1.68. The summed E-state index contributed by atoms with van der Waals surface area (Å²) in [5, 5.41) is 4.63. The van der Waals surface area contributed by atoms with Gasteiger partial charge in [-0.25, -0.2) is 0 Å². The van der Waals surface area contributed by atoms with E-state index < -0.39 is 0 Å². The molecule has 0 saturated carbocycles. The maximum absolute atomic E-state index is 4.26. The van der Waals surface area contributed by atoms with Crippen LogP contribution in [0.25, 0.3) is 0 Å². The molecule has 1 aromatic heterocycles. The smallest absolute Gasteiger partial charge is 0.0541 e. The van der Waals surface area contributed by atoms with E-state index in [2.05, 4.69) is 37.7 Å². The topological polar surface area (TPSA) is 24.9 Å². The van der Waals surface area contributed by atoms with Crippen LogP contribution in [0.2, 0.25) is 0 Å². The first-order valence-corrected chi connectivity index (χ1v) is 5.88. The Labute approximate surface area is 171 Å². The first kappa shape index (κ1) is 19.3. The Morgan fingerprint density at radius 1 is 0.944 bits per heavy atom. The van der Waals surface area contributed by atoms with Crippen LogP contribution in [0.5, 0.6) is 0 Å². The molecule has 1 atom stereocenters. The molecule has 1 N–H and O–H groups in total. The van der Waals surface area contributed by atoms with Crippen LogP contribution >= 0.6 is 9.24 Å². The maximum Gasteiger partial charge on any atom is 0.0541 e. The second-order valence-electron chi connectivity index (χ2n) is 3.62. The van der Waals surface area contributed by atoms with Gasteiger partial charge in [-0.3, -0.25) is 4.98 Å². The predicted octanol–water partition coefficient (Wildman–Crippen LogP) is 1.87. The van der Waals surface area contributed by atoms with Crippen LogP contribution in [0.3, 0.4) is 0 Å². The second kappa shape index (κ2) is 11.0. The number of hydrogen-bond donors (Lipinski definition) is 1. The van der Waals surface area contributed by atoms with Crippen molar-refractivity contribution in [2.24, 2.45) is 0 Å². The van der Waals surface area contributed by atoms with E-state index in [4.69, 9.17) is 0 Å². The van der Waals surface area contributed by atoms with E-state index in [1.54, 1.807) is 0 Å². The molecule has 0 fully saturated rings. The van der Waals surface area contributed by atoms with E-state index in [1.807, 2.05) is 30.5 Å². The third kappa shape index (κ3) is 6.63. The number of nitrogens with one attached hydrogen (secondary N) is 1. The second-order valence-corrected chi connectivity index (χ2v) is 4.25. The summed E-state index contributed by atoms with van der Waals surface area (Å²) in [5.74, 6) is 0. The van der Waals surface area contributed by atoms with Crippen molar-refractivity contribution in [1.82, 2.24) is 10.3 Å². The fraction of sp³-hybridized carbons (Fsp3) is 0.154. The fourth-order valence-electron chi connectivity index (χ4n) is 1.52. The Balaban J connectivity index is 0.00000144. The largest absolute Gasteiger partial charge is 0.307 e. The zero-order valence-corrected chi connectivity index (χ0v) is 12.3. The van der Waals surface area contributed by atoms with E-state index >= 15 is 0 Å². The quantitative estimate of drug-likeness (QED) is 0.872. The van der Waals surface area contributed by atoms with Crippen molar-refractivity contribution in [2.45, 2.75) is 13.1 Å². The van der Waals surface area contributed by atoms with Gasteiger partial charge in [0.1, 0.15) is 0 Å². The van der Waals surface area contributed by atoms with Gasteiger partial charge in [0, 0.05) is 94.8 Å². The fourth-order valence-corrected chi connectivity index (χ4v) is 1.83. The zero-order valence-electron chi connectivity index (χ0n) is 9.76. The first-order valence-electron chi connectivity index (χ1n) is 5.30. The van der Waals surface area contributed by atoms with Crippen molar-refractivity contribution in [1.29, 1.82) is 0 Å². The molecule has 2 aromatic rings. The molecule has 0 radical (unpaired) electrons. The summed E-state index contributed by atoms with van der Waals surface area (Å²) in [6, 6.07) is 14.3. The number of aromatic nitrogens is 1. The van der Waals surface area contributed by atoms with E-state index in [-0.39, 0.29) is 75.5 Å². The Bertz CT molecular complexity index is 452. The molecule has 0 bridgehead atoms. The average Bonchev–Trinajstić information content (AvgIpc) is 2.33. The molecule has 0 aliphatic rings. The van der Waals surface area contributed by atoms with E-state index in [0.29, 0.717) is 0 Å². The number of rotatable bonds is 4. The summed E-state index contributed by atoms with van der Waals surface area (Å²) in [5.41, 5.74) is 2.38. The Morgan fingerprint density at radius 2 is 1.67 bits per heavy atom. The third-order valence-electron chi connectivity index (χ3n) is 2.40. The van der Waals surface area contributed by atoms with Crippen molar-refractivity contribution in [3.63, 3.8) is 0 Å². The van der Waals surface area contributed by atoms with Gasteiger partial charge < -0.3 is 5.32 Å². The number of nitrogens with zero attached hydrogens (tertiary/aromatic N) is 1. The molecule has 1 unspecified atom stereocenters. The average molecular weight is 310 g/mol. The zero-order chi connectivity index (χ0) is 11.2. The molecule has 0 aliphatic carbocycles.